The summed E-state index contributed by atoms with van der Waals surface area (Å²) < 4.78 is 18.0. The van der Waals surface area contributed by atoms with Crippen molar-refractivity contribution in [3.63, 3.8) is 0 Å². The van der Waals surface area contributed by atoms with Gasteiger partial charge in [0.15, 0.2) is 0 Å². The van der Waals surface area contributed by atoms with Crippen molar-refractivity contribution in [1.29, 1.82) is 5.26 Å². The van der Waals surface area contributed by atoms with Crippen LogP contribution in [0.25, 0.3) is 10.1 Å². The van der Waals surface area contributed by atoms with Crippen LogP contribution in [-0.4, -0.2) is 41.8 Å². The molecule has 1 amide bonds. The molecule has 0 unspecified atom stereocenters. The number of carbonyl (C=O) groups is 2. The van der Waals surface area contributed by atoms with E-state index in [-0.39, 0.29) is 24.5 Å². The van der Waals surface area contributed by atoms with Gasteiger partial charge in [-0.05, 0) is 94.0 Å². The molecular formula is C28H30N2O5S. The number of likely N-dealkylation sites (tertiary alicyclic amines) is 1. The minimum atomic E-state index is -0.529. The fourth-order valence-corrected chi connectivity index (χ4v) is 5.11. The molecule has 188 valence electrons. The summed E-state index contributed by atoms with van der Waals surface area (Å²) in [6.07, 6.45) is 2.33. The van der Waals surface area contributed by atoms with Gasteiger partial charge < -0.3 is 19.1 Å². The number of esters is 1. The number of aryl methyl sites for hydroxylation is 1. The van der Waals surface area contributed by atoms with Gasteiger partial charge in [0.1, 0.15) is 23.7 Å². The van der Waals surface area contributed by atoms with Crippen molar-refractivity contribution in [2.75, 3.05) is 13.2 Å². The van der Waals surface area contributed by atoms with E-state index in [9.17, 15) is 9.59 Å². The van der Waals surface area contributed by atoms with E-state index in [1.54, 1.807) is 46.6 Å². The van der Waals surface area contributed by atoms with Crippen molar-refractivity contribution in [3.05, 3.63) is 59.0 Å². The number of hydrogen-bond acceptors (Lipinski definition) is 7. The van der Waals surface area contributed by atoms with Crippen LogP contribution in [0.1, 0.15) is 50.5 Å². The summed E-state index contributed by atoms with van der Waals surface area (Å²) in [4.78, 5) is 27.6. The highest BCUT2D eigenvalue weighted by Gasteiger charge is 2.32. The summed E-state index contributed by atoms with van der Waals surface area (Å²) in [6, 6.07) is 16.7. The average molecular weight is 507 g/mol. The molecule has 0 spiro atoms. The summed E-state index contributed by atoms with van der Waals surface area (Å²) >= 11 is 1.62. The van der Waals surface area contributed by atoms with E-state index < -0.39 is 5.60 Å². The summed E-state index contributed by atoms with van der Waals surface area (Å²) in [5.74, 6) is 0.796. The number of amides is 1. The molecule has 0 saturated carbocycles. The molecule has 1 aliphatic heterocycles. The van der Waals surface area contributed by atoms with Gasteiger partial charge in [-0.15, -0.1) is 11.3 Å². The van der Waals surface area contributed by atoms with Gasteiger partial charge in [-0.25, -0.2) is 4.79 Å². The standard InChI is InChI=1S/C28H30N2O5S/c1-28(2,3)35-27(32)30-14-4-5-21(30)18-33-22-7-9-23(10-8-22)34-26(31)13-11-24-16-20-15-19(17-29)6-12-25(20)36-24/h6-10,12,15-16,21H,4-5,11,13-14,18H2,1-3H3/t21-/m0/s1. The Morgan fingerprint density at radius 1 is 1.11 bits per heavy atom. The quantitative estimate of drug-likeness (QED) is 0.285. The number of nitriles is 1. The number of fused-ring (bicyclic) bond motifs is 1. The van der Waals surface area contributed by atoms with Crippen LogP contribution in [0, 0.1) is 11.3 Å². The van der Waals surface area contributed by atoms with Crippen LogP contribution < -0.4 is 9.47 Å². The number of carbonyl (C=O) groups excluding carboxylic acids is 2. The Hall–Kier alpha value is -3.57. The van der Waals surface area contributed by atoms with Crippen molar-refractivity contribution in [1.82, 2.24) is 4.90 Å². The number of nitrogens with zero attached hydrogens (tertiary/aromatic N) is 2. The zero-order valence-electron chi connectivity index (χ0n) is 20.8. The molecule has 1 fully saturated rings. The first-order chi connectivity index (χ1) is 17.2. The number of ether oxygens (including phenoxy) is 3. The van der Waals surface area contributed by atoms with E-state index in [2.05, 4.69) is 6.07 Å². The highest BCUT2D eigenvalue weighted by Crippen LogP contribution is 2.28. The lowest BCUT2D eigenvalue weighted by atomic mass is 10.1. The molecule has 1 saturated heterocycles. The lowest BCUT2D eigenvalue weighted by Crippen LogP contribution is -2.42. The molecule has 4 rings (SSSR count). The van der Waals surface area contributed by atoms with Gasteiger partial charge in [0.05, 0.1) is 24.1 Å². The van der Waals surface area contributed by atoms with Crippen LogP contribution in [0.3, 0.4) is 0 Å². The third-order valence-electron chi connectivity index (χ3n) is 5.77. The maximum Gasteiger partial charge on any atom is 0.410 e. The lowest BCUT2D eigenvalue weighted by molar-refractivity contribution is -0.134. The van der Waals surface area contributed by atoms with Crippen molar-refractivity contribution in [3.8, 4) is 17.6 Å². The summed E-state index contributed by atoms with van der Waals surface area (Å²) in [6.45, 7) is 6.62. The molecule has 0 aliphatic carbocycles. The van der Waals surface area contributed by atoms with Crippen LogP contribution in [-0.2, 0) is 16.0 Å². The predicted molar refractivity (Wildman–Crippen MR) is 138 cm³/mol. The Morgan fingerprint density at radius 2 is 1.86 bits per heavy atom. The van der Waals surface area contributed by atoms with E-state index in [4.69, 9.17) is 19.5 Å². The Labute approximate surface area is 215 Å². The van der Waals surface area contributed by atoms with Gasteiger partial charge in [0, 0.05) is 16.1 Å². The third-order valence-corrected chi connectivity index (χ3v) is 6.95. The Bertz CT molecular complexity index is 1270. The van der Waals surface area contributed by atoms with E-state index in [0.717, 1.165) is 27.8 Å². The molecule has 2 aromatic carbocycles. The smallest absolute Gasteiger partial charge is 0.410 e. The molecule has 0 N–H and O–H groups in total. The van der Waals surface area contributed by atoms with Gasteiger partial charge in [-0.3, -0.25) is 4.79 Å². The van der Waals surface area contributed by atoms with Crippen LogP contribution in [0.5, 0.6) is 11.5 Å². The second kappa shape index (κ2) is 11.0. The first-order valence-electron chi connectivity index (χ1n) is 12.1. The first-order valence-corrected chi connectivity index (χ1v) is 12.9. The van der Waals surface area contributed by atoms with E-state index in [1.165, 1.54) is 0 Å². The molecule has 1 atom stereocenters. The highest BCUT2D eigenvalue weighted by molar-refractivity contribution is 7.19. The Kier molecular flexibility index (Phi) is 7.80. The van der Waals surface area contributed by atoms with E-state index in [1.807, 2.05) is 39.0 Å². The summed E-state index contributed by atoms with van der Waals surface area (Å²) in [5, 5.41) is 10.1. The number of benzene rings is 2. The first kappa shape index (κ1) is 25.5. The maximum absolute atomic E-state index is 12.4. The van der Waals surface area contributed by atoms with Gasteiger partial charge in [0.25, 0.3) is 0 Å². The monoisotopic (exact) mass is 506 g/mol. The predicted octanol–water partition coefficient (Wildman–Crippen LogP) is 6.09. The fraction of sp³-hybridized carbons (Fsp3) is 0.393. The molecule has 1 aliphatic rings. The molecule has 8 heteroatoms. The van der Waals surface area contributed by atoms with Crippen molar-refractivity contribution in [2.24, 2.45) is 0 Å². The van der Waals surface area contributed by atoms with E-state index in [0.29, 0.717) is 36.6 Å². The summed E-state index contributed by atoms with van der Waals surface area (Å²) in [5.41, 5.74) is 0.0977. The molecule has 3 aromatic rings. The van der Waals surface area contributed by atoms with E-state index >= 15 is 0 Å². The molecule has 2 heterocycles. The second-order valence-corrected chi connectivity index (χ2v) is 11.0. The van der Waals surface area contributed by atoms with Gasteiger partial charge in [-0.1, -0.05) is 0 Å². The lowest BCUT2D eigenvalue weighted by Gasteiger charge is -2.28. The van der Waals surface area contributed by atoms with Crippen LogP contribution in [0.15, 0.2) is 48.5 Å². The third kappa shape index (κ3) is 6.76. The summed E-state index contributed by atoms with van der Waals surface area (Å²) in [7, 11) is 0. The molecule has 0 radical (unpaired) electrons. The highest BCUT2D eigenvalue weighted by atomic mass is 32.1. The van der Waals surface area contributed by atoms with Crippen LogP contribution in [0.2, 0.25) is 0 Å². The van der Waals surface area contributed by atoms with Crippen molar-refractivity contribution >= 4 is 33.5 Å². The molecule has 36 heavy (non-hydrogen) atoms. The van der Waals surface area contributed by atoms with Gasteiger partial charge in [-0.2, -0.15) is 5.26 Å². The molecular weight excluding hydrogens is 476 g/mol. The second-order valence-electron chi connectivity index (χ2n) is 9.80. The molecule has 7 nitrogen and oxygen atoms in total. The number of hydrogen-bond donors (Lipinski definition) is 0. The molecule has 0 bridgehead atoms. The largest absolute Gasteiger partial charge is 0.491 e. The zero-order chi connectivity index (χ0) is 25.7. The molecule has 1 aromatic heterocycles. The number of rotatable bonds is 7. The fourth-order valence-electron chi connectivity index (χ4n) is 4.07. The SMILES string of the molecule is CC(C)(C)OC(=O)N1CCC[C@H]1COc1ccc(OC(=O)CCc2cc3cc(C#N)ccc3s2)cc1. The normalized spacial score (nSPS) is 15.5. The zero-order valence-corrected chi connectivity index (χ0v) is 21.6. The van der Waals surface area contributed by atoms with Crippen LogP contribution >= 0.6 is 11.3 Å². The Morgan fingerprint density at radius 3 is 2.58 bits per heavy atom. The van der Waals surface area contributed by atoms with Gasteiger partial charge >= 0.3 is 12.1 Å². The van der Waals surface area contributed by atoms with Crippen molar-refractivity contribution in [2.45, 2.75) is 58.1 Å². The maximum atomic E-state index is 12.4. The average Bonchev–Trinajstić information content (AvgIpc) is 3.47. The minimum absolute atomic E-state index is 0.0299. The minimum Gasteiger partial charge on any atom is -0.491 e. The van der Waals surface area contributed by atoms with Crippen molar-refractivity contribution < 1.29 is 23.8 Å². The Balaban J connectivity index is 1.24. The van der Waals surface area contributed by atoms with Crippen LogP contribution in [0.4, 0.5) is 4.79 Å². The number of thiophene rings is 1. The van der Waals surface area contributed by atoms with Gasteiger partial charge in [0.2, 0.25) is 0 Å². The topological polar surface area (TPSA) is 88.9 Å².